The highest BCUT2D eigenvalue weighted by Crippen LogP contribution is 2.36. The smallest absolute Gasteiger partial charge is 0.303 e. The van der Waals surface area contributed by atoms with Gasteiger partial charge in [0.2, 0.25) is 5.91 Å². The molecule has 2 aromatic rings. The van der Waals surface area contributed by atoms with E-state index in [9.17, 15) is 19.2 Å². The van der Waals surface area contributed by atoms with Crippen LogP contribution in [0.2, 0.25) is 0 Å². The number of nitrogens with one attached hydrogen (secondary N) is 1. The van der Waals surface area contributed by atoms with Crippen molar-refractivity contribution in [3.05, 3.63) is 35.7 Å². The summed E-state index contributed by atoms with van der Waals surface area (Å²) in [6.07, 6.45) is -3.33. The van der Waals surface area contributed by atoms with E-state index in [-0.39, 0.29) is 13.2 Å². The first kappa shape index (κ1) is 30.9. The van der Waals surface area contributed by atoms with Gasteiger partial charge in [0, 0.05) is 34.2 Å². The highest BCUT2D eigenvalue weighted by Gasteiger charge is 2.51. The van der Waals surface area contributed by atoms with Gasteiger partial charge in [-0.25, -0.2) is 0 Å². The molecule has 14 heteroatoms. The van der Waals surface area contributed by atoms with Gasteiger partial charge in [-0.1, -0.05) is 29.5 Å². The maximum absolute atomic E-state index is 12.2. The number of thioether (sulfide) groups is 1. The molecular formula is C26H34N4O9S. The molecule has 40 heavy (non-hydrogen) atoms. The summed E-state index contributed by atoms with van der Waals surface area (Å²) >= 11 is 1.12. The monoisotopic (exact) mass is 578 g/mol. The van der Waals surface area contributed by atoms with Gasteiger partial charge >= 0.3 is 17.9 Å². The highest BCUT2D eigenvalue weighted by atomic mass is 32.2. The molecule has 5 atom stereocenters. The van der Waals surface area contributed by atoms with E-state index in [4.69, 9.17) is 23.7 Å². The van der Waals surface area contributed by atoms with Gasteiger partial charge in [-0.05, 0) is 26.0 Å². The van der Waals surface area contributed by atoms with Crippen molar-refractivity contribution >= 4 is 35.6 Å². The molecule has 2 heterocycles. The van der Waals surface area contributed by atoms with Gasteiger partial charge < -0.3 is 33.6 Å². The number of rotatable bonds is 11. The molecule has 1 amide bonds. The summed E-state index contributed by atoms with van der Waals surface area (Å²) in [7, 11) is 0. The minimum atomic E-state index is -1.17. The average Bonchev–Trinajstić information content (AvgIpc) is 3.26. The Kier molecular flexibility index (Phi) is 10.9. The summed E-state index contributed by atoms with van der Waals surface area (Å²) < 4.78 is 30.1. The molecule has 13 nitrogen and oxygen atoms in total. The predicted molar refractivity (Wildman–Crippen MR) is 141 cm³/mol. The third-order valence-electron chi connectivity index (χ3n) is 5.79. The van der Waals surface area contributed by atoms with Gasteiger partial charge in [0.25, 0.3) is 0 Å². The van der Waals surface area contributed by atoms with Crippen LogP contribution in [0.25, 0.3) is 0 Å². The maximum atomic E-state index is 12.2. The number of aryl methyl sites for hydroxylation is 1. The van der Waals surface area contributed by atoms with Crippen LogP contribution in [-0.4, -0.2) is 75.0 Å². The van der Waals surface area contributed by atoms with E-state index in [0.29, 0.717) is 23.3 Å². The number of hydrogen-bond donors (Lipinski definition) is 1. The quantitative estimate of drug-likeness (QED) is 0.306. The van der Waals surface area contributed by atoms with Crippen LogP contribution < -0.4 is 10.1 Å². The van der Waals surface area contributed by atoms with Gasteiger partial charge in [0.1, 0.15) is 36.5 Å². The van der Waals surface area contributed by atoms with Gasteiger partial charge in [-0.15, -0.1) is 10.2 Å². The standard InChI is InChI=1S/C26H34N4O9S/c1-7-30-21(13-36-19-10-8-14(2)9-11-19)28-29-26(30)40-25-22(27-15(3)31)24(38-18(6)34)23(37-17(5)33)20(39-25)12-35-16(4)32/h8-11,20,22-25H,7,12-13H2,1-6H3,(H,27,31)/t20-,22-,23+,24-,25-/m0/s1. The molecule has 0 radical (unpaired) electrons. The predicted octanol–water partition coefficient (Wildman–Crippen LogP) is 1.93. The number of nitrogens with zero attached hydrogens (tertiary/aromatic N) is 3. The number of amides is 1. The van der Waals surface area contributed by atoms with Crippen LogP contribution >= 0.6 is 11.8 Å². The summed E-state index contributed by atoms with van der Waals surface area (Å²) in [5.41, 5.74) is 0.208. The fraction of sp³-hybridized carbons (Fsp3) is 0.538. The zero-order valence-corrected chi connectivity index (χ0v) is 24.1. The molecule has 1 aromatic heterocycles. The molecular weight excluding hydrogens is 544 g/mol. The third-order valence-corrected chi connectivity index (χ3v) is 6.94. The first-order valence-corrected chi connectivity index (χ1v) is 13.5. The minimum Gasteiger partial charge on any atom is -0.486 e. The van der Waals surface area contributed by atoms with Crippen LogP contribution in [0.5, 0.6) is 5.75 Å². The van der Waals surface area contributed by atoms with E-state index in [0.717, 1.165) is 17.3 Å². The van der Waals surface area contributed by atoms with Crippen LogP contribution in [0.3, 0.4) is 0 Å². The molecule has 1 aliphatic heterocycles. The normalized spacial score (nSPS) is 22.2. The lowest BCUT2D eigenvalue weighted by Gasteiger charge is -2.44. The zero-order valence-electron chi connectivity index (χ0n) is 23.2. The Morgan fingerprint density at radius 3 is 2.20 bits per heavy atom. The first-order valence-electron chi connectivity index (χ1n) is 12.7. The summed E-state index contributed by atoms with van der Waals surface area (Å²) in [4.78, 5) is 47.8. The highest BCUT2D eigenvalue weighted by molar-refractivity contribution is 7.99. The van der Waals surface area contributed by atoms with Crippen LogP contribution in [-0.2, 0) is 51.3 Å². The van der Waals surface area contributed by atoms with Crippen LogP contribution in [0.1, 0.15) is 46.0 Å². The second-order valence-electron chi connectivity index (χ2n) is 9.08. The van der Waals surface area contributed by atoms with Gasteiger partial charge in [-0.3, -0.25) is 19.2 Å². The number of hydrogen-bond acceptors (Lipinski definition) is 12. The summed E-state index contributed by atoms with van der Waals surface area (Å²) in [6.45, 7) is 9.18. The molecule has 0 unspecified atom stereocenters. The first-order chi connectivity index (χ1) is 19.0. The molecule has 1 aromatic carbocycles. The summed E-state index contributed by atoms with van der Waals surface area (Å²) in [5.74, 6) is -1.10. The molecule has 1 saturated heterocycles. The maximum Gasteiger partial charge on any atom is 0.303 e. The van der Waals surface area contributed by atoms with Gasteiger partial charge in [0.05, 0.1) is 0 Å². The molecule has 1 fully saturated rings. The zero-order chi connectivity index (χ0) is 29.4. The number of carbonyl (C=O) groups excluding carboxylic acids is 4. The third kappa shape index (κ3) is 8.42. The SMILES string of the molecule is CCn1c(COc2ccc(C)cc2)nnc1S[C@@H]1O[C@@H](COC(C)=O)[C@@H](OC(C)=O)[C@@H](OC(C)=O)[C@@H]1NC(C)=O. The van der Waals surface area contributed by atoms with Crippen molar-refractivity contribution in [3.63, 3.8) is 0 Å². The lowest BCUT2D eigenvalue weighted by molar-refractivity contribution is -0.211. The van der Waals surface area contributed by atoms with Crippen molar-refractivity contribution in [3.8, 4) is 5.75 Å². The Hall–Kier alpha value is -3.65. The summed E-state index contributed by atoms with van der Waals surface area (Å²) in [6, 6.07) is 6.66. The lowest BCUT2D eigenvalue weighted by Crippen LogP contribution is -2.65. The van der Waals surface area contributed by atoms with Crippen molar-refractivity contribution < 1.29 is 42.9 Å². The molecule has 0 bridgehead atoms. The van der Waals surface area contributed by atoms with E-state index >= 15 is 0 Å². The Balaban J connectivity index is 1.92. The Morgan fingerprint density at radius 2 is 1.62 bits per heavy atom. The molecule has 0 spiro atoms. The molecule has 1 aliphatic rings. The average molecular weight is 579 g/mol. The second-order valence-corrected chi connectivity index (χ2v) is 10.1. The fourth-order valence-electron chi connectivity index (χ4n) is 4.11. The molecule has 0 saturated carbocycles. The van der Waals surface area contributed by atoms with E-state index in [1.807, 2.05) is 42.7 Å². The van der Waals surface area contributed by atoms with Crippen molar-refractivity contribution in [2.75, 3.05) is 6.61 Å². The Labute approximate surface area is 236 Å². The van der Waals surface area contributed by atoms with Crippen molar-refractivity contribution in [1.82, 2.24) is 20.1 Å². The van der Waals surface area contributed by atoms with Crippen LogP contribution in [0, 0.1) is 6.92 Å². The molecule has 1 N–H and O–H groups in total. The minimum absolute atomic E-state index is 0.158. The topological polar surface area (TPSA) is 157 Å². The number of benzene rings is 1. The largest absolute Gasteiger partial charge is 0.486 e. The second kappa shape index (κ2) is 14.1. The van der Waals surface area contributed by atoms with E-state index < -0.39 is 53.6 Å². The molecule has 3 rings (SSSR count). The van der Waals surface area contributed by atoms with Gasteiger partial charge in [0.15, 0.2) is 23.2 Å². The number of esters is 3. The molecule has 218 valence electrons. The number of ether oxygens (including phenoxy) is 5. The van der Waals surface area contributed by atoms with Crippen LogP contribution in [0.4, 0.5) is 0 Å². The van der Waals surface area contributed by atoms with E-state index in [1.165, 1.54) is 27.7 Å². The van der Waals surface area contributed by atoms with Crippen molar-refractivity contribution in [1.29, 1.82) is 0 Å². The summed E-state index contributed by atoms with van der Waals surface area (Å²) in [5, 5.41) is 11.8. The molecule has 0 aliphatic carbocycles. The van der Waals surface area contributed by atoms with E-state index in [1.54, 1.807) is 0 Å². The Bertz CT molecular complexity index is 1200. The van der Waals surface area contributed by atoms with Gasteiger partial charge in [-0.2, -0.15) is 0 Å². The van der Waals surface area contributed by atoms with Crippen molar-refractivity contribution in [2.45, 2.75) is 89.6 Å². The van der Waals surface area contributed by atoms with E-state index in [2.05, 4.69) is 15.5 Å². The Morgan fingerprint density at radius 1 is 0.975 bits per heavy atom. The fourth-order valence-corrected chi connectivity index (χ4v) is 5.33. The number of aromatic nitrogens is 3. The van der Waals surface area contributed by atoms with Crippen molar-refractivity contribution in [2.24, 2.45) is 0 Å². The number of carbonyl (C=O) groups is 4. The van der Waals surface area contributed by atoms with Crippen LogP contribution in [0.15, 0.2) is 29.4 Å². The lowest BCUT2D eigenvalue weighted by atomic mass is 9.97.